The first-order valence-corrected chi connectivity index (χ1v) is 6.85. The Balaban J connectivity index is 1.76. The van der Waals surface area contributed by atoms with Crippen molar-refractivity contribution in [3.05, 3.63) is 63.0 Å². The fraction of sp³-hybridized carbons (Fsp3) is 0.143. The Morgan fingerprint density at radius 2 is 2.21 bits per heavy atom. The van der Waals surface area contributed by atoms with Gasteiger partial charge in [-0.15, -0.1) is 0 Å². The zero-order valence-electron chi connectivity index (χ0n) is 12.5. The summed E-state index contributed by atoms with van der Waals surface area (Å²) in [5, 5.41) is 3.82. The Labute approximate surface area is 134 Å². The number of aromatic nitrogens is 5. The number of carbonyl (C=O) groups is 1. The van der Waals surface area contributed by atoms with Crippen LogP contribution < -0.4 is 11.2 Å². The van der Waals surface area contributed by atoms with Crippen molar-refractivity contribution in [2.75, 3.05) is 7.05 Å². The highest BCUT2D eigenvalue weighted by molar-refractivity contribution is 5.93. The highest BCUT2D eigenvalue weighted by Gasteiger charge is 2.19. The predicted molar refractivity (Wildman–Crippen MR) is 81.0 cm³/mol. The highest BCUT2D eigenvalue weighted by atomic mass is 16.5. The number of H-pyrrole nitrogens is 2. The summed E-state index contributed by atoms with van der Waals surface area (Å²) < 4.78 is 5.10. The molecular weight excluding hydrogens is 316 g/mol. The molecule has 0 saturated heterocycles. The third-order valence-corrected chi connectivity index (χ3v) is 3.16. The maximum atomic E-state index is 12.2. The van der Waals surface area contributed by atoms with Crippen LogP contribution in [0.15, 0.2) is 44.8 Å². The molecule has 10 nitrogen and oxygen atoms in total. The SMILES string of the molecule is CN(Cc1nc(-c2cccnc2)no1)C(=O)c1c[nH]c(=O)[nH]c1=O. The summed E-state index contributed by atoms with van der Waals surface area (Å²) in [4.78, 5) is 48.5. The van der Waals surface area contributed by atoms with Gasteiger partial charge in [0, 0.05) is 31.2 Å². The van der Waals surface area contributed by atoms with Gasteiger partial charge in [0.15, 0.2) is 0 Å². The van der Waals surface area contributed by atoms with Gasteiger partial charge >= 0.3 is 5.69 Å². The zero-order chi connectivity index (χ0) is 17.1. The minimum absolute atomic E-state index is 0.00462. The topological polar surface area (TPSA) is 138 Å². The quantitative estimate of drug-likeness (QED) is 0.675. The van der Waals surface area contributed by atoms with E-state index in [4.69, 9.17) is 4.52 Å². The molecule has 0 bridgehead atoms. The lowest BCUT2D eigenvalue weighted by Gasteiger charge is -2.13. The average Bonchev–Trinajstić information content (AvgIpc) is 3.03. The molecule has 0 atom stereocenters. The second-order valence-corrected chi connectivity index (χ2v) is 4.90. The maximum absolute atomic E-state index is 12.2. The monoisotopic (exact) mass is 328 g/mol. The van der Waals surface area contributed by atoms with E-state index in [1.807, 2.05) is 4.98 Å². The predicted octanol–water partition coefficient (Wildman–Crippen LogP) is -0.220. The summed E-state index contributed by atoms with van der Waals surface area (Å²) in [5.74, 6) is -0.0416. The molecular formula is C14H12N6O4. The Morgan fingerprint density at radius 3 is 2.92 bits per heavy atom. The first kappa shape index (κ1) is 15.3. The van der Waals surface area contributed by atoms with Gasteiger partial charge in [-0.05, 0) is 12.1 Å². The van der Waals surface area contributed by atoms with Gasteiger partial charge in [0.1, 0.15) is 12.1 Å². The van der Waals surface area contributed by atoms with Gasteiger partial charge in [-0.1, -0.05) is 5.16 Å². The normalized spacial score (nSPS) is 10.5. The fourth-order valence-electron chi connectivity index (χ4n) is 1.98. The van der Waals surface area contributed by atoms with Crippen LogP contribution in [0.3, 0.4) is 0 Å². The lowest BCUT2D eigenvalue weighted by molar-refractivity contribution is 0.0767. The van der Waals surface area contributed by atoms with E-state index in [-0.39, 0.29) is 18.0 Å². The molecule has 0 saturated carbocycles. The number of amides is 1. The van der Waals surface area contributed by atoms with Gasteiger partial charge in [-0.2, -0.15) is 4.98 Å². The molecule has 3 aromatic heterocycles. The highest BCUT2D eigenvalue weighted by Crippen LogP contribution is 2.14. The number of hydrogen-bond donors (Lipinski definition) is 2. The summed E-state index contributed by atoms with van der Waals surface area (Å²) in [6.07, 6.45) is 4.27. The Bertz CT molecular complexity index is 974. The molecule has 0 fully saturated rings. The summed E-state index contributed by atoms with van der Waals surface area (Å²) in [5.41, 5.74) is -0.961. The van der Waals surface area contributed by atoms with Crippen molar-refractivity contribution < 1.29 is 9.32 Å². The number of nitrogens with zero attached hydrogens (tertiary/aromatic N) is 4. The first-order valence-electron chi connectivity index (χ1n) is 6.85. The lowest BCUT2D eigenvalue weighted by Crippen LogP contribution is -2.34. The van der Waals surface area contributed by atoms with Gasteiger partial charge in [0.05, 0.1) is 0 Å². The smallest absolute Gasteiger partial charge is 0.325 e. The van der Waals surface area contributed by atoms with Crippen molar-refractivity contribution in [1.29, 1.82) is 0 Å². The van der Waals surface area contributed by atoms with Crippen LogP contribution in [0.2, 0.25) is 0 Å². The summed E-state index contributed by atoms with van der Waals surface area (Å²) in [6, 6.07) is 3.51. The summed E-state index contributed by atoms with van der Waals surface area (Å²) in [7, 11) is 1.47. The molecule has 0 aliphatic heterocycles. The van der Waals surface area contributed by atoms with E-state index in [1.165, 1.54) is 11.9 Å². The third-order valence-electron chi connectivity index (χ3n) is 3.16. The molecule has 3 aromatic rings. The standard InChI is InChI=1S/C14H12N6O4/c1-20(13(22)9-6-16-14(23)18-12(9)21)7-10-17-11(19-24-10)8-3-2-4-15-5-8/h2-6H,7H2,1H3,(H2,16,18,21,23). The van der Waals surface area contributed by atoms with Gasteiger partial charge in [0.25, 0.3) is 11.5 Å². The molecule has 0 radical (unpaired) electrons. The van der Waals surface area contributed by atoms with Crippen molar-refractivity contribution >= 4 is 5.91 Å². The largest absolute Gasteiger partial charge is 0.337 e. The maximum Gasteiger partial charge on any atom is 0.325 e. The van der Waals surface area contributed by atoms with Crippen molar-refractivity contribution in [3.63, 3.8) is 0 Å². The van der Waals surface area contributed by atoms with E-state index in [1.54, 1.807) is 24.5 Å². The van der Waals surface area contributed by atoms with Crippen LogP contribution in [0.1, 0.15) is 16.2 Å². The molecule has 3 heterocycles. The van der Waals surface area contributed by atoms with E-state index in [0.717, 1.165) is 6.20 Å². The molecule has 1 amide bonds. The van der Waals surface area contributed by atoms with Crippen molar-refractivity contribution in [3.8, 4) is 11.4 Å². The van der Waals surface area contributed by atoms with Gasteiger partial charge < -0.3 is 14.4 Å². The van der Waals surface area contributed by atoms with Gasteiger partial charge in [-0.3, -0.25) is 19.6 Å². The van der Waals surface area contributed by atoms with Gasteiger partial charge in [0.2, 0.25) is 11.7 Å². The van der Waals surface area contributed by atoms with Crippen LogP contribution >= 0.6 is 0 Å². The van der Waals surface area contributed by atoms with Crippen molar-refractivity contribution in [2.45, 2.75) is 6.54 Å². The van der Waals surface area contributed by atoms with Gasteiger partial charge in [-0.25, -0.2) is 4.79 Å². The van der Waals surface area contributed by atoms with Crippen molar-refractivity contribution in [2.24, 2.45) is 0 Å². The second kappa shape index (κ2) is 6.28. The molecule has 0 aromatic carbocycles. The molecule has 0 aliphatic rings. The van der Waals surface area contributed by atoms with Crippen LogP contribution in [0.4, 0.5) is 0 Å². The van der Waals surface area contributed by atoms with E-state index in [2.05, 4.69) is 20.1 Å². The molecule has 10 heteroatoms. The van der Waals surface area contributed by atoms with Crippen LogP contribution in [0.5, 0.6) is 0 Å². The number of pyridine rings is 1. The molecule has 122 valence electrons. The average molecular weight is 328 g/mol. The molecule has 0 aliphatic carbocycles. The van der Waals surface area contributed by atoms with E-state index in [9.17, 15) is 14.4 Å². The molecule has 0 unspecified atom stereocenters. The minimum atomic E-state index is -0.767. The first-order chi connectivity index (χ1) is 11.5. The third kappa shape index (κ3) is 3.11. The summed E-state index contributed by atoms with van der Waals surface area (Å²) >= 11 is 0. The number of hydrogen-bond acceptors (Lipinski definition) is 7. The number of rotatable bonds is 4. The van der Waals surface area contributed by atoms with Crippen LogP contribution in [-0.4, -0.2) is 42.9 Å². The Morgan fingerprint density at radius 1 is 1.38 bits per heavy atom. The van der Waals surface area contributed by atoms with E-state index >= 15 is 0 Å². The lowest BCUT2D eigenvalue weighted by atomic mass is 10.3. The molecule has 24 heavy (non-hydrogen) atoms. The number of carbonyl (C=O) groups excluding carboxylic acids is 1. The Kier molecular flexibility index (Phi) is 4.01. The zero-order valence-corrected chi connectivity index (χ0v) is 12.5. The minimum Gasteiger partial charge on any atom is -0.337 e. The van der Waals surface area contributed by atoms with E-state index < -0.39 is 17.2 Å². The van der Waals surface area contributed by atoms with Crippen LogP contribution in [0, 0.1) is 0 Å². The number of aromatic amines is 2. The molecule has 2 N–H and O–H groups in total. The molecule has 3 rings (SSSR count). The molecule has 0 spiro atoms. The number of nitrogens with one attached hydrogen (secondary N) is 2. The fourth-order valence-corrected chi connectivity index (χ4v) is 1.98. The van der Waals surface area contributed by atoms with Crippen molar-refractivity contribution in [1.82, 2.24) is 30.0 Å². The van der Waals surface area contributed by atoms with E-state index in [0.29, 0.717) is 11.4 Å². The second-order valence-electron chi connectivity index (χ2n) is 4.90. The van der Waals surface area contributed by atoms with Crippen LogP contribution in [-0.2, 0) is 6.54 Å². The summed E-state index contributed by atoms with van der Waals surface area (Å²) in [6.45, 7) is 0.00462. The Hall–Kier alpha value is -3.56. The van der Waals surface area contributed by atoms with Crippen LogP contribution in [0.25, 0.3) is 11.4 Å².